The van der Waals surface area contributed by atoms with Crippen molar-refractivity contribution in [1.29, 1.82) is 0 Å². The van der Waals surface area contributed by atoms with Crippen molar-refractivity contribution in [2.24, 2.45) is 0 Å². The average Bonchev–Trinajstić information content (AvgIpc) is 3.00. The summed E-state index contributed by atoms with van der Waals surface area (Å²) < 4.78 is 32.1. The maximum atomic E-state index is 10.4. The highest BCUT2D eigenvalue weighted by Gasteiger charge is 2.49. The van der Waals surface area contributed by atoms with E-state index in [-0.39, 0.29) is 6.61 Å². The van der Waals surface area contributed by atoms with Gasteiger partial charge in [0.25, 0.3) is 0 Å². The highest BCUT2D eigenvalue weighted by atomic mass is 16.7. The average molecular weight is 527 g/mol. The molecule has 0 bridgehead atoms. The third-order valence-corrected chi connectivity index (χ3v) is 6.62. The van der Waals surface area contributed by atoms with Gasteiger partial charge in [-0.25, -0.2) is 0 Å². The second-order valence-corrected chi connectivity index (χ2v) is 9.44. The molecule has 0 radical (unpaired) electrons. The van der Waals surface area contributed by atoms with Gasteiger partial charge in [0, 0.05) is 0 Å². The van der Waals surface area contributed by atoms with Crippen LogP contribution in [-0.4, -0.2) is 42.4 Å². The summed E-state index contributed by atoms with van der Waals surface area (Å²) in [4.78, 5) is 0. The molecule has 5 atom stereocenters. The summed E-state index contributed by atoms with van der Waals surface area (Å²) in [5.74, 6) is 0.637. The Kier molecular flexibility index (Phi) is 9.74. The molecular weight excluding hydrogens is 492 g/mol. The van der Waals surface area contributed by atoms with E-state index in [1.807, 2.05) is 121 Å². The van der Waals surface area contributed by atoms with Gasteiger partial charge in [-0.15, -0.1) is 0 Å². The molecule has 1 fully saturated rings. The topological polar surface area (TPSA) is 66.4 Å². The lowest BCUT2D eigenvalue weighted by atomic mass is 9.97. The molecule has 5 rings (SSSR count). The van der Waals surface area contributed by atoms with Crippen molar-refractivity contribution >= 4 is 0 Å². The Morgan fingerprint density at radius 2 is 0.923 bits per heavy atom. The van der Waals surface area contributed by atoms with Gasteiger partial charge in [0.05, 0.1) is 26.4 Å². The van der Waals surface area contributed by atoms with Gasteiger partial charge in [-0.3, -0.25) is 0 Å². The van der Waals surface area contributed by atoms with E-state index < -0.39 is 30.7 Å². The second kappa shape index (κ2) is 14.0. The largest absolute Gasteiger partial charge is 0.462 e. The maximum Gasteiger partial charge on any atom is 0.229 e. The van der Waals surface area contributed by atoms with Crippen LogP contribution in [0.2, 0.25) is 0 Å². The normalized spacial score (nSPS) is 22.8. The van der Waals surface area contributed by atoms with E-state index in [0.717, 1.165) is 16.7 Å². The summed E-state index contributed by atoms with van der Waals surface area (Å²) in [5.41, 5.74) is 3.05. The molecule has 0 amide bonds. The Morgan fingerprint density at radius 3 is 1.38 bits per heavy atom. The number of hydrogen-bond acceptors (Lipinski definition) is 6. The first kappa shape index (κ1) is 27.1. The van der Waals surface area contributed by atoms with Crippen LogP contribution in [0.3, 0.4) is 0 Å². The molecule has 0 saturated carbocycles. The third-order valence-electron chi connectivity index (χ3n) is 6.62. The van der Waals surface area contributed by atoms with Gasteiger partial charge in [0.2, 0.25) is 6.29 Å². The van der Waals surface area contributed by atoms with Crippen LogP contribution in [0.15, 0.2) is 121 Å². The second-order valence-electron chi connectivity index (χ2n) is 9.44. The summed E-state index contributed by atoms with van der Waals surface area (Å²) in [7, 11) is 0. The van der Waals surface area contributed by atoms with E-state index in [9.17, 15) is 5.11 Å². The van der Waals surface area contributed by atoms with Crippen molar-refractivity contribution in [2.45, 2.75) is 50.5 Å². The van der Waals surface area contributed by atoms with E-state index >= 15 is 0 Å². The third kappa shape index (κ3) is 7.53. The Labute approximate surface area is 229 Å². The number of aliphatic hydroxyl groups excluding tert-OH is 1. The zero-order valence-corrected chi connectivity index (χ0v) is 21.8. The van der Waals surface area contributed by atoms with Crippen LogP contribution >= 0.6 is 0 Å². The summed E-state index contributed by atoms with van der Waals surface area (Å²) in [5, 5.41) is 10.4. The molecule has 1 N–H and O–H groups in total. The van der Waals surface area contributed by atoms with E-state index in [2.05, 4.69) is 0 Å². The van der Waals surface area contributed by atoms with Crippen molar-refractivity contribution in [3.05, 3.63) is 138 Å². The zero-order chi connectivity index (χ0) is 26.7. The summed E-state index contributed by atoms with van der Waals surface area (Å²) in [6.45, 7) is 0.763. The SMILES string of the molecule is OC[C@H]1O[C@H](Oc2ccccc2)[C@H](OCc2ccccc2)[C@@H](OCc2ccccc2)[C@@H]1OCc1ccccc1. The lowest BCUT2D eigenvalue weighted by Crippen LogP contribution is -2.62. The maximum absolute atomic E-state index is 10.4. The Morgan fingerprint density at radius 1 is 0.513 bits per heavy atom. The first-order valence-corrected chi connectivity index (χ1v) is 13.2. The van der Waals surface area contributed by atoms with Crippen molar-refractivity contribution < 1.29 is 28.8 Å². The molecule has 0 spiro atoms. The highest BCUT2D eigenvalue weighted by Crippen LogP contribution is 2.32. The molecule has 202 valence electrons. The minimum Gasteiger partial charge on any atom is -0.462 e. The first-order valence-electron chi connectivity index (χ1n) is 13.2. The van der Waals surface area contributed by atoms with Crippen LogP contribution < -0.4 is 4.74 Å². The fourth-order valence-electron chi connectivity index (χ4n) is 4.62. The Bertz CT molecular complexity index is 1220. The van der Waals surface area contributed by atoms with Crippen molar-refractivity contribution in [1.82, 2.24) is 0 Å². The summed E-state index contributed by atoms with van der Waals surface area (Å²) in [6, 6.07) is 39.3. The lowest BCUT2D eigenvalue weighted by Gasteiger charge is -2.45. The van der Waals surface area contributed by atoms with E-state index in [4.69, 9.17) is 23.7 Å². The number of para-hydroxylation sites is 1. The van der Waals surface area contributed by atoms with Gasteiger partial charge in [0.1, 0.15) is 30.2 Å². The van der Waals surface area contributed by atoms with Crippen LogP contribution in [0.5, 0.6) is 5.75 Å². The molecule has 0 unspecified atom stereocenters. The van der Waals surface area contributed by atoms with Crippen LogP contribution in [0, 0.1) is 0 Å². The van der Waals surface area contributed by atoms with Gasteiger partial charge >= 0.3 is 0 Å². The number of ether oxygens (including phenoxy) is 5. The molecule has 1 heterocycles. The fourth-order valence-corrected chi connectivity index (χ4v) is 4.62. The smallest absolute Gasteiger partial charge is 0.229 e. The van der Waals surface area contributed by atoms with Crippen LogP contribution in [-0.2, 0) is 38.8 Å². The minimum atomic E-state index is -0.828. The number of rotatable bonds is 12. The number of aliphatic hydroxyl groups is 1. The number of benzene rings is 4. The fraction of sp³-hybridized carbons (Fsp3) is 0.273. The van der Waals surface area contributed by atoms with Gasteiger partial charge in [-0.1, -0.05) is 109 Å². The minimum absolute atomic E-state index is 0.259. The zero-order valence-electron chi connectivity index (χ0n) is 21.8. The molecule has 6 nitrogen and oxygen atoms in total. The molecular formula is C33H34O6. The Balaban J connectivity index is 1.44. The van der Waals surface area contributed by atoms with Crippen molar-refractivity contribution in [3.8, 4) is 5.75 Å². The lowest BCUT2D eigenvalue weighted by molar-refractivity contribution is -0.308. The molecule has 6 heteroatoms. The summed E-state index contributed by atoms with van der Waals surface area (Å²) in [6.07, 6.45) is -3.34. The predicted molar refractivity (Wildman–Crippen MR) is 148 cm³/mol. The molecule has 4 aromatic rings. The highest BCUT2D eigenvalue weighted by molar-refractivity contribution is 5.22. The molecule has 4 aromatic carbocycles. The van der Waals surface area contributed by atoms with E-state index in [0.29, 0.717) is 25.6 Å². The molecule has 39 heavy (non-hydrogen) atoms. The molecule has 1 saturated heterocycles. The van der Waals surface area contributed by atoms with Gasteiger partial charge in [-0.2, -0.15) is 0 Å². The number of hydrogen-bond donors (Lipinski definition) is 1. The monoisotopic (exact) mass is 526 g/mol. The van der Waals surface area contributed by atoms with Crippen molar-refractivity contribution in [2.75, 3.05) is 6.61 Å². The van der Waals surface area contributed by atoms with Crippen LogP contribution in [0.1, 0.15) is 16.7 Å². The molecule has 1 aliphatic rings. The standard InChI is InChI=1S/C33H34O6/c34-21-29-30(35-22-25-13-5-1-6-14-25)31(36-23-26-15-7-2-8-16-26)32(37-24-27-17-9-3-10-18-27)33(39-29)38-28-19-11-4-12-20-28/h1-20,29-34H,21-24H2/t29-,30-,31+,32-,33+/m1/s1. The molecule has 0 aliphatic carbocycles. The van der Waals surface area contributed by atoms with Crippen molar-refractivity contribution in [3.63, 3.8) is 0 Å². The van der Waals surface area contributed by atoms with Crippen LogP contribution in [0.25, 0.3) is 0 Å². The van der Waals surface area contributed by atoms with Gasteiger partial charge in [-0.05, 0) is 28.8 Å². The van der Waals surface area contributed by atoms with E-state index in [1.165, 1.54) is 0 Å². The molecule has 1 aliphatic heterocycles. The van der Waals surface area contributed by atoms with Crippen LogP contribution in [0.4, 0.5) is 0 Å². The Hall–Kier alpha value is -3.52. The quantitative estimate of drug-likeness (QED) is 0.262. The predicted octanol–water partition coefficient (Wildman–Crippen LogP) is 5.54. The summed E-state index contributed by atoms with van der Waals surface area (Å²) >= 11 is 0. The van der Waals surface area contributed by atoms with E-state index in [1.54, 1.807) is 0 Å². The van der Waals surface area contributed by atoms with Gasteiger partial charge in [0.15, 0.2) is 0 Å². The first-order chi connectivity index (χ1) is 19.3. The molecule has 0 aromatic heterocycles. The van der Waals surface area contributed by atoms with Gasteiger partial charge < -0.3 is 28.8 Å².